The zero-order valence-electron chi connectivity index (χ0n) is 13.9. The summed E-state index contributed by atoms with van der Waals surface area (Å²) in [6, 6.07) is 10.4. The molecule has 2 heterocycles. The lowest BCUT2D eigenvalue weighted by Crippen LogP contribution is -2.17. The Labute approximate surface area is 132 Å². The van der Waals surface area contributed by atoms with Crippen LogP contribution in [0.3, 0.4) is 0 Å². The molecule has 1 aromatic carbocycles. The largest absolute Gasteiger partial charge is 0.475 e. The maximum absolute atomic E-state index is 5.90. The summed E-state index contributed by atoms with van der Waals surface area (Å²) in [5.41, 5.74) is 6.43. The van der Waals surface area contributed by atoms with Gasteiger partial charge in [-0.05, 0) is 45.7 Å². The minimum Gasteiger partial charge on any atom is -0.475 e. The van der Waals surface area contributed by atoms with Crippen molar-refractivity contribution in [1.29, 1.82) is 0 Å². The van der Waals surface area contributed by atoms with Crippen LogP contribution < -0.4 is 0 Å². The molecule has 0 unspecified atom stereocenters. The number of aryl methyl sites for hydroxylation is 2. The predicted molar refractivity (Wildman–Crippen MR) is 90.5 cm³/mol. The molecule has 3 rings (SSSR count). The Morgan fingerprint density at radius 2 is 1.64 bits per heavy atom. The van der Waals surface area contributed by atoms with E-state index in [0.717, 1.165) is 22.8 Å². The highest BCUT2D eigenvalue weighted by Gasteiger charge is 2.30. The first kappa shape index (κ1) is 14.8. The van der Waals surface area contributed by atoms with Crippen LogP contribution in [-0.4, -0.2) is 23.0 Å². The van der Waals surface area contributed by atoms with E-state index in [4.69, 9.17) is 14.7 Å². The molecule has 0 aliphatic carbocycles. The average Bonchev–Trinajstić information content (AvgIpc) is 2.83. The molecule has 0 bridgehead atoms. The lowest BCUT2D eigenvalue weighted by molar-refractivity contribution is 0.279. The Hall–Kier alpha value is -2.16. The van der Waals surface area contributed by atoms with Crippen molar-refractivity contribution >= 4 is 5.90 Å². The topological polar surface area (TPSA) is 34.5 Å². The monoisotopic (exact) mass is 294 g/mol. The Balaban J connectivity index is 2.29. The van der Waals surface area contributed by atoms with Gasteiger partial charge in [0.1, 0.15) is 6.61 Å². The van der Waals surface area contributed by atoms with Crippen LogP contribution in [0.1, 0.15) is 36.4 Å². The second kappa shape index (κ2) is 5.24. The van der Waals surface area contributed by atoms with E-state index in [0.29, 0.717) is 6.61 Å². The number of aromatic nitrogens is 1. The number of rotatable bonds is 2. The van der Waals surface area contributed by atoms with Crippen LogP contribution in [0.15, 0.2) is 35.3 Å². The van der Waals surface area contributed by atoms with Gasteiger partial charge < -0.3 is 4.74 Å². The zero-order chi connectivity index (χ0) is 15.9. The Morgan fingerprint density at radius 1 is 0.955 bits per heavy atom. The van der Waals surface area contributed by atoms with E-state index >= 15 is 0 Å². The van der Waals surface area contributed by atoms with Crippen LogP contribution in [0, 0.1) is 20.8 Å². The first-order chi connectivity index (χ1) is 10.4. The number of nitrogens with zero attached hydrogens (tertiary/aromatic N) is 2. The summed E-state index contributed by atoms with van der Waals surface area (Å²) in [7, 11) is 0. The van der Waals surface area contributed by atoms with Crippen molar-refractivity contribution in [3.8, 4) is 11.1 Å². The Morgan fingerprint density at radius 3 is 2.23 bits per heavy atom. The molecule has 0 atom stereocenters. The first-order valence-electron chi connectivity index (χ1n) is 7.65. The standard InChI is InChI=1S/C19H22N2O/c1-12-13(2)20-14(3)17(18-21-19(4,5)11-22-18)16(12)15-9-7-6-8-10-15/h6-10H,11H2,1-5H3. The third-order valence-corrected chi connectivity index (χ3v) is 4.11. The molecule has 0 saturated carbocycles. The van der Waals surface area contributed by atoms with E-state index in [2.05, 4.69) is 52.0 Å². The summed E-state index contributed by atoms with van der Waals surface area (Å²) < 4.78 is 5.90. The molecule has 114 valence electrons. The molecule has 0 fully saturated rings. The molecule has 1 aliphatic heterocycles. The van der Waals surface area contributed by atoms with Crippen LogP contribution in [0.4, 0.5) is 0 Å². The molecule has 2 aromatic rings. The van der Waals surface area contributed by atoms with Gasteiger partial charge in [-0.1, -0.05) is 30.3 Å². The van der Waals surface area contributed by atoms with E-state index in [9.17, 15) is 0 Å². The molecule has 0 saturated heterocycles. The summed E-state index contributed by atoms with van der Waals surface area (Å²) in [6.07, 6.45) is 0. The molecule has 0 N–H and O–H groups in total. The molecule has 0 radical (unpaired) electrons. The Kier molecular flexibility index (Phi) is 3.51. The number of benzene rings is 1. The highest BCUT2D eigenvalue weighted by atomic mass is 16.5. The molecule has 1 aliphatic rings. The van der Waals surface area contributed by atoms with Crippen LogP contribution in [-0.2, 0) is 4.74 Å². The molecule has 3 nitrogen and oxygen atoms in total. The fourth-order valence-electron chi connectivity index (χ4n) is 2.88. The van der Waals surface area contributed by atoms with Crippen LogP contribution in [0.25, 0.3) is 11.1 Å². The van der Waals surface area contributed by atoms with E-state index in [1.165, 1.54) is 16.7 Å². The van der Waals surface area contributed by atoms with Crippen molar-refractivity contribution in [1.82, 2.24) is 4.98 Å². The second-order valence-corrected chi connectivity index (χ2v) is 6.54. The van der Waals surface area contributed by atoms with Gasteiger partial charge in [-0.3, -0.25) is 4.98 Å². The quantitative estimate of drug-likeness (QED) is 0.830. The normalized spacial score (nSPS) is 16.3. The van der Waals surface area contributed by atoms with Gasteiger partial charge in [-0.25, -0.2) is 4.99 Å². The number of aliphatic imine (C=N–C) groups is 1. The van der Waals surface area contributed by atoms with Gasteiger partial charge in [0.15, 0.2) is 0 Å². The molecular formula is C19H22N2O. The number of hydrogen-bond acceptors (Lipinski definition) is 3. The fourth-order valence-corrected chi connectivity index (χ4v) is 2.88. The number of hydrogen-bond donors (Lipinski definition) is 0. The summed E-state index contributed by atoms with van der Waals surface area (Å²) in [5.74, 6) is 0.719. The molecule has 0 spiro atoms. The van der Waals surface area contributed by atoms with Crippen molar-refractivity contribution in [2.45, 2.75) is 40.2 Å². The summed E-state index contributed by atoms with van der Waals surface area (Å²) in [5, 5.41) is 0. The fraction of sp³-hybridized carbons (Fsp3) is 0.368. The van der Waals surface area contributed by atoms with Gasteiger partial charge >= 0.3 is 0 Å². The van der Waals surface area contributed by atoms with Gasteiger partial charge in [0.05, 0.1) is 16.8 Å². The highest BCUT2D eigenvalue weighted by Crippen LogP contribution is 2.33. The zero-order valence-corrected chi connectivity index (χ0v) is 13.9. The maximum Gasteiger partial charge on any atom is 0.219 e. The van der Waals surface area contributed by atoms with Gasteiger partial charge in [-0.2, -0.15) is 0 Å². The van der Waals surface area contributed by atoms with Crippen molar-refractivity contribution in [3.05, 3.63) is 52.8 Å². The molecule has 22 heavy (non-hydrogen) atoms. The highest BCUT2D eigenvalue weighted by molar-refractivity contribution is 6.03. The summed E-state index contributed by atoms with van der Waals surface area (Å²) >= 11 is 0. The third-order valence-electron chi connectivity index (χ3n) is 4.11. The van der Waals surface area contributed by atoms with Crippen molar-refractivity contribution in [2.75, 3.05) is 6.61 Å². The van der Waals surface area contributed by atoms with Crippen LogP contribution in [0.2, 0.25) is 0 Å². The summed E-state index contributed by atoms with van der Waals surface area (Å²) in [6.45, 7) is 11.0. The van der Waals surface area contributed by atoms with E-state index in [-0.39, 0.29) is 5.54 Å². The SMILES string of the molecule is Cc1nc(C)c(C2=NC(C)(C)CO2)c(-c2ccccc2)c1C. The first-order valence-corrected chi connectivity index (χ1v) is 7.65. The predicted octanol–water partition coefficient (Wildman–Crippen LogP) is 4.23. The Bertz CT molecular complexity index is 746. The lowest BCUT2D eigenvalue weighted by Gasteiger charge is -2.17. The average molecular weight is 294 g/mol. The molecular weight excluding hydrogens is 272 g/mol. The smallest absolute Gasteiger partial charge is 0.219 e. The van der Waals surface area contributed by atoms with Crippen molar-refractivity contribution < 1.29 is 4.74 Å². The molecule has 3 heteroatoms. The van der Waals surface area contributed by atoms with E-state index in [1.54, 1.807) is 0 Å². The second-order valence-electron chi connectivity index (χ2n) is 6.54. The van der Waals surface area contributed by atoms with Gasteiger partial charge in [0.25, 0.3) is 0 Å². The van der Waals surface area contributed by atoms with Gasteiger partial charge in [0.2, 0.25) is 5.90 Å². The number of pyridine rings is 1. The minimum absolute atomic E-state index is 0.172. The molecule has 0 amide bonds. The van der Waals surface area contributed by atoms with Crippen LogP contribution >= 0.6 is 0 Å². The van der Waals surface area contributed by atoms with E-state index in [1.807, 2.05) is 13.0 Å². The van der Waals surface area contributed by atoms with Crippen molar-refractivity contribution in [3.63, 3.8) is 0 Å². The van der Waals surface area contributed by atoms with Crippen LogP contribution in [0.5, 0.6) is 0 Å². The summed E-state index contributed by atoms with van der Waals surface area (Å²) in [4.78, 5) is 9.45. The van der Waals surface area contributed by atoms with Crippen molar-refractivity contribution in [2.24, 2.45) is 4.99 Å². The van der Waals surface area contributed by atoms with Gasteiger partial charge in [-0.15, -0.1) is 0 Å². The van der Waals surface area contributed by atoms with Gasteiger partial charge in [0, 0.05) is 11.3 Å². The number of ether oxygens (including phenoxy) is 1. The molecule has 1 aromatic heterocycles. The minimum atomic E-state index is -0.172. The lowest BCUT2D eigenvalue weighted by atomic mass is 9.93. The van der Waals surface area contributed by atoms with E-state index < -0.39 is 0 Å². The third kappa shape index (κ3) is 2.52. The maximum atomic E-state index is 5.90.